The Kier molecular flexibility index (Phi) is 2.06. The summed E-state index contributed by atoms with van der Waals surface area (Å²) in [5, 5.41) is 8.93. The molecule has 0 aliphatic carbocycles. The predicted molar refractivity (Wildman–Crippen MR) is 47.6 cm³/mol. The largest absolute Gasteiger partial charge is 0.282 e. The van der Waals surface area contributed by atoms with Crippen LogP contribution in [-0.4, -0.2) is 23.0 Å². The van der Waals surface area contributed by atoms with Gasteiger partial charge in [-0.3, -0.25) is 4.90 Å². The van der Waals surface area contributed by atoms with Gasteiger partial charge in [0.25, 0.3) is 0 Å². The molecule has 0 radical (unpaired) electrons. The van der Waals surface area contributed by atoms with Crippen LogP contribution in [0.15, 0.2) is 0 Å². The minimum Gasteiger partial charge on any atom is -0.282 e. The van der Waals surface area contributed by atoms with Gasteiger partial charge in [0.15, 0.2) is 0 Å². The maximum absolute atomic E-state index is 8.93. The van der Waals surface area contributed by atoms with Gasteiger partial charge in [-0.15, -0.1) is 0 Å². The molecule has 66 valence electrons. The minimum absolute atomic E-state index is 0.227. The van der Waals surface area contributed by atoms with Gasteiger partial charge in [-0.05, 0) is 32.6 Å². The fourth-order valence-corrected chi connectivity index (χ4v) is 2.79. The topological polar surface area (TPSA) is 27.0 Å². The fraction of sp³-hybridized carbons (Fsp3) is 0.900. The monoisotopic (exact) mass is 164 g/mol. The third kappa shape index (κ3) is 1.13. The van der Waals surface area contributed by atoms with Crippen molar-refractivity contribution in [1.82, 2.24) is 4.90 Å². The van der Waals surface area contributed by atoms with E-state index in [0.717, 1.165) is 12.5 Å². The lowest BCUT2D eigenvalue weighted by atomic mass is 9.97. The molecular formula is C10H16N2. The molecule has 2 fully saturated rings. The SMILES string of the molecule is C[C@@H]1CCC[C@@H]2CC[C@@H](C#N)N21. The molecule has 2 nitrogen and oxygen atoms in total. The summed E-state index contributed by atoms with van der Waals surface area (Å²) >= 11 is 0. The molecule has 0 saturated carbocycles. The Morgan fingerprint density at radius 1 is 1.25 bits per heavy atom. The quantitative estimate of drug-likeness (QED) is 0.547. The van der Waals surface area contributed by atoms with Gasteiger partial charge in [-0.25, -0.2) is 0 Å². The van der Waals surface area contributed by atoms with Crippen LogP contribution < -0.4 is 0 Å². The zero-order chi connectivity index (χ0) is 8.55. The average Bonchev–Trinajstić information content (AvgIpc) is 2.49. The van der Waals surface area contributed by atoms with Crippen molar-refractivity contribution >= 4 is 0 Å². The van der Waals surface area contributed by atoms with Gasteiger partial charge < -0.3 is 0 Å². The normalized spacial score (nSPS) is 42.2. The van der Waals surface area contributed by atoms with Crippen LogP contribution in [-0.2, 0) is 0 Å². The van der Waals surface area contributed by atoms with Crippen molar-refractivity contribution in [2.24, 2.45) is 0 Å². The van der Waals surface area contributed by atoms with Gasteiger partial charge in [-0.1, -0.05) is 6.42 Å². The summed E-state index contributed by atoms with van der Waals surface area (Å²) in [6, 6.07) is 4.03. The molecule has 12 heavy (non-hydrogen) atoms. The van der Waals surface area contributed by atoms with E-state index in [1.165, 1.54) is 25.7 Å². The first kappa shape index (κ1) is 8.07. The van der Waals surface area contributed by atoms with Crippen LogP contribution >= 0.6 is 0 Å². The lowest BCUT2D eigenvalue weighted by molar-refractivity contribution is 0.112. The van der Waals surface area contributed by atoms with E-state index in [4.69, 9.17) is 5.26 Å². The second-order valence-electron chi connectivity index (χ2n) is 4.10. The van der Waals surface area contributed by atoms with Crippen LogP contribution in [0.3, 0.4) is 0 Å². The summed E-state index contributed by atoms with van der Waals surface area (Å²) < 4.78 is 0. The van der Waals surface area contributed by atoms with E-state index in [9.17, 15) is 0 Å². The third-order valence-corrected chi connectivity index (χ3v) is 3.37. The summed E-state index contributed by atoms with van der Waals surface area (Å²) in [7, 11) is 0. The molecule has 0 bridgehead atoms. The first-order valence-corrected chi connectivity index (χ1v) is 5.00. The number of rotatable bonds is 0. The summed E-state index contributed by atoms with van der Waals surface area (Å²) in [5.74, 6) is 0. The maximum atomic E-state index is 8.93. The van der Waals surface area contributed by atoms with E-state index >= 15 is 0 Å². The molecule has 0 aromatic carbocycles. The molecule has 0 spiro atoms. The number of piperidine rings is 1. The summed E-state index contributed by atoms with van der Waals surface area (Å²) in [4.78, 5) is 2.45. The van der Waals surface area contributed by atoms with E-state index in [2.05, 4.69) is 17.9 Å². The Morgan fingerprint density at radius 2 is 2.08 bits per heavy atom. The van der Waals surface area contributed by atoms with Gasteiger partial charge in [0, 0.05) is 12.1 Å². The standard InChI is InChI=1S/C10H16N2/c1-8-3-2-4-9-5-6-10(7-11)12(8)9/h8-10H,2-6H2,1H3/t8-,9-,10+/m1/s1. The van der Waals surface area contributed by atoms with E-state index in [-0.39, 0.29) is 6.04 Å². The molecule has 2 heteroatoms. The van der Waals surface area contributed by atoms with Gasteiger partial charge in [-0.2, -0.15) is 5.26 Å². The first-order chi connectivity index (χ1) is 5.83. The minimum atomic E-state index is 0.227. The number of nitrogens with zero attached hydrogens (tertiary/aromatic N) is 2. The Balaban J connectivity index is 2.12. The average molecular weight is 164 g/mol. The van der Waals surface area contributed by atoms with Crippen molar-refractivity contribution in [3.05, 3.63) is 0 Å². The molecule has 0 unspecified atom stereocenters. The van der Waals surface area contributed by atoms with Gasteiger partial charge in [0.05, 0.1) is 12.1 Å². The number of fused-ring (bicyclic) bond motifs is 1. The lowest BCUT2D eigenvalue weighted by Gasteiger charge is -2.37. The van der Waals surface area contributed by atoms with E-state index in [1.807, 2.05) is 0 Å². The second kappa shape index (κ2) is 3.06. The zero-order valence-corrected chi connectivity index (χ0v) is 7.66. The van der Waals surface area contributed by atoms with Crippen LogP contribution in [0.25, 0.3) is 0 Å². The summed E-state index contributed by atoms with van der Waals surface area (Å²) in [6.07, 6.45) is 6.33. The zero-order valence-electron chi connectivity index (χ0n) is 7.66. The van der Waals surface area contributed by atoms with E-state index in [1.54, 1.807) is 0 Å². The van der Waals surface area contributed by atoms with E-state index < -0.39 is 0 Å². The van der Waals surface area contributed by atoms with Crippen LogP contribution in [0.1, 0.15) is 39.0 Å². The van der Waals surface area contributed by atoms with Crippen molar-refractivity contribution in [2.45, 2.75) is 57.2 Å². The highest BCUT2D eigenvalue weighted by Crippen LogP contribution is 2.34. The van der Waals surface area contributed by atoms with Crippen LogP contribution in [0.2, 0.25) is 0 Å². The molecule has 3 atom stereocenters. The summed E-state index contributed by atoms with van der Waals surface area (Å²) in [5.41, 5.74) is 0. The van der Waals surface area contributed by atoms with Crippen molar-refractivity contribution in [3.8, 4) is 6.07 Å². The summed E-state index contributed by atoms with van der Waals surface area (Å²) in [6.45, 7) is 2.27. The maximum Gasteiger partial charge on any atom is 0.0983 e. The highest BCUT2D eigenvalue weighted by atomic mass is 15.2. The highest BCUT2D eigenvalue weighted by molar-refractivity contribution is 5.03. The molecule has 2 heterocycles. The van der Waals surface area contributed by atoms with Crippen molar-refractivity contribution in [3.63, 3.8) is 0 Å². The molecule has 2 rings (SSSR count). The fourth-order valence-electron chi connectivity index (χ4n) is 2.79. The Morgan fingerprint density at radius 3 is 2.83 bits per heavy atom. The van der Waals surface area contributed by atoms with Crippen LogP contribution in [0.5, 0.6) is 0 Å². The third-order valence-electron chi connectivity index (χ3n) is 3.37. The highest BCUT2D eigenvalue weighted by Gasteiger charge is 2.38. The van der Waals surface area contributed by atoms with Crippen molar-refractivity contribution in [1.29, 1.82) is 5.26 Å². The van der Waals surface area contributed by atoms with Crippen LogP contribution in [0.4, 0.5) is 0 Å². The van der Waals surface area contributed by atoms with Gasteiger partial charge >= 0.3 is 0 Å². The van der Waals surface area contributed by atoms with Crippen LogP contribution in [0, 0.1) is 11.3 Å². The Labute approximate surface area is 74.2 Å². The Bertz CT molecular complexity index is 206. The first-order valence-electron chi connectivity index (χ1n) is 5.00. The molecular weight excluding hydrogens is 148 g/mol. The molecule has 2 aliphatic rings. The lowest BCUT2D eigenvalue weighted by Crippen LogP contribution is -2.45. The smallest absolute Gasteiger partial charge is 0.0983 e. The second-order valence-corrected chi connectivity index (χ2v) is 4.10. The Hall–Kier alpha value is -0.550. The molecule has 0 aromatic rings. The van der Waals surface area contributed by atoms with E-state index in [0.29, 0.717) is 6.04 Å². The number of hydrogen-bond donors (Lipinski definition) is 0. The number of hydrogen-bond acceptors (Lipinski definition) is 2. The van der Waals surface area contributed by atoms with Gasteiger partial charge in [0.2, 0.25) is 0 Å². The molecule has 0 amide bonds. The molecule has 2 aliphatic heterocycles. The van der Waals surface area contributed by atoms with Crippen molar-refractivity contribution < 1.29 is 0 Å². The molecule has 0 aromatic heterocycles. The van der Waals surface area contributed by atoms with Gasteiger partial charge in [0.1, 0.15) is 0 Å². The molecule has 0 N–H and O–H groups in total. The predicted octanol–water partition coefficient (Wildman–Crippen LogP) is 1.92. The number of nitriles is 1. The molecule has 2 saturated heterocycles. The van der Waals surface area contributed by atoms with Crippen molar-refractivity contribution in [2.75, 3.05) is 0 Å².